The van der Waals surface area contributed by atoms with Crippen molar-refractivity contribution in [3.05, 3.63) is 83.8 Å². The van der Waals surface area contributed by atoms with Gasteiger partial charge in [-0.15, -0.1) is 5.10 Å². The summed E-state index contributed by atoms with van der Waals surface area (Å²) in [5, 5.41) is 16.8. The molecule has 0 radical (unpaired) electrons. The molecule has 4 aromatic heterocycles. The number of aromatic nitrogens is 7. The van der Waals surface area contributed by atoms with Crippen LogP contribution >= 0.6 is 11.6 Å². The Labute approximate surface area is 189 Å². The molecule has 0 spiro atoms. The SMILES string of the molecule is FC(F)(F)c1cc(NCc2cn(-c3ccc(-n4ncc5ccncc54)c(Cl)c3)nn2)ccn1. The van der Waals surface area contributed by atoms with E-state index in [2.05, 4.69) is 30.7 Å². The second-order valence-electron chi connectivity index (χ2n) is 7.06. The molecule has 5 aromatic rings. The van der Waals surface area contributed by atoms with E-state index in [4.69, 9.17) is 11.6 Å². The molecule has 0 amide bonds. The molecule has 0 atom stereocenters. The summed E-state index contributed by atoms with van der Waals surface area (Å²) >= 11 is 6.52. The largest absolute Gasteiger partial charge is 0.433 e. The fourth-order valence-corrected chi connectivity index (χ4v) is 3.52. The molecule has 4 heterocycles. The first kappa shape index (κ1) is 20.9. The van der Waals surface area contributed by atoms with Crippen LogP contribution in [0.2, 0.25) is 5.02 Å². The predicted octanol–water partition coefficient (Wildman–Crippen LogP) is 4.68. The summed E-state index contributed by atoms with van der Waals surface area (Å²) < 4.78 is 41.7. The van der Waals surface area contributed by atoms with Gasteiger partial charge >= 0.3 is 6.18 Å². The molecule has 0 unspecified atom stereocenters. The summed E-state index contributed by atoms with van der Waals surface area (Å²) in [5.74, 6) is 0. The summed E-state index contributed by atoms with van der Waals surface area (Å²) in [6.07, 6.45) is 3.40. The molecule has 0 aliphatic heterocycles. The third kappa shape index (κ3) is 4.22. The summed E-state index contributed by atoms with van der Waals surface area (Å²) in [4.78, 5) is 7.47. The highest BCUT2D eigenvalue weighted by Crippen LogP contribution is 2.29. The molecule has 12 heteroatoms. The molecule has 5 rings (SSSR count). The average molecular weight is 471 g/mol. The molecular formula is C21H14ClF3N8. The van der Waals surface area contributed by atoms with Gasteiger partial charge in [0.05, 0.1) is 47.0 Å². The van der Waals surface area contributed by atoms with E-state index in [0.717, 1.165) is 23.2 Å². The number of nitrogens with one attached hydrogen (secondary N) is 1. The number of halogens is 4. The maximum Gasteiger partial charge on any atom is 0.433 e. The number of benzene rings is 1. The lowest BCUT2D eigenvalue weighted by molar-refractivity contribution is -0.141. The van der Waals surface area contributed by atoms with Crippen LogP contribution in [-0.2, 0) is 12.7 Å². The molecule has 0 aliphatic rings. The maximum absolute atomic E-state index is 12.8. The lowest BCUT2D eigenvalue weighted by Gasteiger charge is -2.09. The topological polar surface area (TPSA) is 86.3 Å². The van der Waals surface area contributed by atoms with E-state index in [9.17, 15) is 13.2 Å². The first-order valence-electron chi connectivity index (χ1n) is 9.65. The summed E-state index contributed by atoms with van der Waals surface area (Å²) in [6.45, 7) is 0.180. The highest BCUT2D eigenvalue weighted by atomic mass is 35.5. The van der Waals surface area contributed by atoms with E-state index >= 15 is 0 Å². The molecule has 0 saturated carbocycles. The Bertz CT molecular complexity index is 1440. The van der Waals surface area contributed by atoms with Crippen LogP contribution in [0.4, 0.5) is 18.9 Å². The van der Waals surface area contributed by atoms with E-state index in [0.29, 0.717) is 22.1 Å². The van der Waals surface area contributed by atoms with Gasteiger partial charge in [-0.3, -0.25) is 9.97 Å². The third-order valence-corrected chi connectivity index (χ3v) is 5.16. The number of hydrogen-bond donors (Lipinski definition) is 1. The van der Waals surface area contributed by atoms with Crippen molar-refractivity contribution in [3.63, 3.8) is 0 Å². The fraction of sp³-hybridized carbons (Fsp3) is 0.0952. The minimum absolute atomic E-state index is 0.180. The van der Waals surface area contributed by atoms with Crippen LogP contribution in [0.15, 0.2) is 67.4 Å². The van der Waals surface area contributed by atoms with Crippen LogP contribution in [0, 0.1) is 0 Å². The maximum atomic E-state index is 12.8. The molecular weight excluding hydrogens is 457 g/mol. The van der Waals surface area contributed by atoms with Gasteiger partial charge in [0.1, 0.15) is 11.4 Å². The van der Waals surface area contributed by atoms with Gasteiger partial charge in [0.2, 0.25) is 0 Å². The molecule has 0 saturated heterocycles. The normalized spacial score (nSPS) is 11.8. The Morgan fingerprint density at radius 2 is 1.91 bits per heavy atom. The highest BCUT2D eigenvalue weighted by Gasteiger charge is 2.32. The van der Waals surface area contributed by atoms with E-state index in [1.165, 1.54) is 10.7 Å². The van der Waals surface area contributed by atoms with Gasteiger partial charge in [-0.2, -0.15) is 18.3 Å². The zero-order valence-electron chi connectivity index (χ0n) is 16.7. The number of anilines is 1. The second-order valence-corrected chi connectivity index (χ2v) is 7.47. The standard InChI is InChI=1S/C21H14ClF3N8/c22-17-8-16(1-2-18(17)33-19-11-26-5-3-13(19)9-29-33)32-12-15(30-31-32)10-28-14-4-6-27-20(7-14)21(23,24)25/h1-9,11-12H,10H2,(H,27,28). The van der Waals surface area contributed by atoms with Crippen molar-refractivity contribution in [1.29, 1.82) is 0 Å². The molecule has 0 fully saturated rings. The van der Waals surface area contributed by atoms with E-state index in [-0.39, 0.29) is 12.2 Å². The third-order valence-electron chi connectivity index (χ3n) is 4.86. The van der Waals surface area contributed by atoms with Crippen molar-refractivity contribution in [3.8, 4) is 11.4 Å². The Balaban J connectivity index is 1.33. The van der Waals surface area contributed by atoms with Crippen LogP contribution in [0.3, 0.4) is 0 Å². The molecule has 1 N–H and O–H groups in total. The lowest BCUT2D eigenvalue weighted by atomic mass is 10.2. The van der Waals surface area contributed by atoms with Crippen LogP contribution in [0.25, 0.3) is 22.3 Å². The van der Waals surface area contributed by atoms with E-state index < -0.39 is 11.9 Å². The van der Waals surface area contributed by atoms with Crippen LogP contribution in [0.5, 0.6) is 0 Å². The summed E-state index contributed by atoms with van der Waals surface area (Å²) in [5.41, 5.74) is 2.02. The smallest absolute Gasteiger partial charge is 0.379 e. The second kappa shape index (κ2) is 8.17. The van der Waals surface area contributed by atoms with Gasteiger partial charge in [-0.1, -0.05) is 16.8 Å². The Morgan fingerprint density at radius 3 is 2.73 bits per heavy atom. The summed E-state index contributed by atoms with van der Waals surface area (Å²) in [6, 6.07) is 9.61. The lowest BCUT2D eigenvalue weighted by Crippen LogP contribution is -2.09. The molecule has 33 heavy (non-hydrogen) atoms. The Hall–Kier alpha value is -3.99. The Kier molecular flexibility index (Phi) is 5.17. The predicted molar refractivity (Wildman–Crippen MR) is 115 cm³/mol. The number of fused-ring (bicyclic) bond motifs is 1. The van der Waals surface area contributed by atoms with Crippen LogP contribution in [0.1, 0.15) is 11.4 Å². The highest BCUT2D eigenvalue weighted by molar-refractivity contribution is 6.32. The van der Waals surface area contributed by atoms with E-state index in [1.54, 1.807) is 35.5 Å². The number of nitrogens with zero attached hydrogens (tertiary/aromatic N) is 7. The van der Waals surface area contributed by atoms with Crippen molar-refractivity contribution in [2.75, 3.05) is 5.32 Å². The van der Waals surface area contributed by atoms with Gasteiger partial charge in [-0.25, -0.2) is 9.36 Å². The monoisotopic (exact) mass is 470 g/mol. The fourth-order valence-electron chi connectivity index (χ4n) is 3.26. The summed E-state index contributed by atoms with van der Waals surface area (Å²) in [7, 11) is 0. The zero-order chi connectivity index (χ0) is 23.0. The van der Waals surface area contributed by atoms with Gasteiger partial charge < -0.3 is 5.32 Å². The van der Waals surface area contributed by atoms with Crippen molar-refractivity contribution in [1.82, 2.24) is 34.7 Å². The van der Waals surface area contributed by atoms with Crippen molar-refractivity contribution < 1.29 is 13.2 Å². The minimum Gasteiger partial charge on any atom is -0.379 e. The van der Waals surface area contributed by atoms with Gasteiger partial charge in [0, 0.05) is 23.5 Å². The molecule has 166 valence electrons. The quantitative estimate of drug-likeness (QED) is 0.401. The van der Waals surface area contributed by atoms with Crippen molar-refractivity contribution in [2.24, 2.45) is 0 Å². The minimum atomic E-state index is -4.51. The molecule has 0 aliphatic carbocycles. The van der Waals surface area contributed by atoms with Crippen molar-refractivity contribution in [2.45, 2.75) is 12.7 Å². The Morgan fingerprint density at radius 1 is 1.03 bits per heavy atom. The van der Waals surface area contributed by atoms with Crippen molar-refractivity contribution >= 4 is 28.2 Å². The molecule has 1 aromatic carbocycles. The number of hydrogen-bond acceptors (Lipinski definition) is 6. The molecule has 8 nitrogen and oxygen atoms in total. The van der Waals surface area contributed by atoms with Gasteiger partial charge in [-0.05, 0) is 36.4 Å². The molecule has 0 bridgehead atoms. The van der Waals surface area contributed by atoms with Gasteiger partial charge in [0.25, 0.3) is 0 Å². The first-order chi connectivity index (χ1) is 15.9. The number of rotatable bonds is 5. The van der Waals surface area contributed by atoms with Crippen LogP contribution < -0.4 is 5.32 Å². The zero-order valence-corrected chi connectivity index (χ0v) is 17.5. The van der Waals surface area contributed by atoms with Crippen LogP contribution in [-0.4, -0.2) is 34.7 Å². The average Bonchev–Trinajstić information content (AvgIpc) is 3.45. The number of pyridine rings is 2. The van der Waals surface area contributed by atoms with E-state index in [1.807, 2.05) is 18.2 Å². The van der Waals surface area contributed by atoms with Gasteiger partial charge in [0.15, 0.2) is 0 Å². The number of alkyl halides is 3. The first-order valence-corrected chi connectivity index (χ1v) is 10.0.